The number of hydrogen-bond acceptors (Lipinski definition) is 2. The van der Waals surface area contributed by atoms with E-state index in [0.29, 0.717) is 0 Å². The molecular weight excluding hydrogens is 220 g/mol. The largest absolute Gasteiger partial charge is 0.317 e. The van der Waals surface area contributed by atoms with E-state index in [-0.39, 0.29) is 0 Å². The fourth-order valence-corrected chi connectivity index (χ4v) is 3.52. The van der Waals surface area contributed by atoms with E-state index in [2.05, 4.69) is 10.2 Å². The molecule has 0 atom stereocenters. The number of hydrogen-bond donors (Lipinski definition) is 1. The van der Waals surface area contributed by atoms with Crippen LogP contribution in [0.2, 0.25) is 0 Å². The summed E-state index contributed by atoms with van der Waals surface area (Å²) in [4.78, 5) is 2.62. The smallest absolute Gasteiger partial charge is 0.000664 e. The Morgan fingerprint density at radius 3 is 2.28 bits per heavy atom. The van der Waals surface area contributed by atoms with E-state index in [1.807, 2.05) is 0 Å². The van der Waals surface area contributed by atoms with Crippen molar-refractivity contribution < 1.29 is 0 Å². The van der Waals surface area contributed by atoms with Crippen molar-refractivity contribution in [2.24, 2.45) is 5.92 Å². The minimum Gasteiger partial charge on any atom is -0.317 e. The predicted molar refractivity (Wildman–Crippen MR) is 79.0 cm³/mol. The van der Waals surface area contributed by atoms with Crippen LogP contribution in [0.1, 0.15) is 64.2 Å². The van der Waals surface area contributed by atoms with E-state index in [0.717, 1.165) is 5.92 Å². The standard InChI is InChI=1S/C16H32N2/c1-2-4-9-16(8-3-1)10-12-17-11-7-15-18-13-5-6-14-18/h16-17H,1-15H2. The van der Waals surface area contributed by atoms with Crippen LogP contribution in [0.15, 0.2) is 0 Å². The third kappa shape index (κ3) is 5.71. The van der Waals surface area contributed by atoms with Gasteiger partial charge in [-0.3, -0.25) is 0 Å². The Balaban J connectivity index is 1.40. The number of nitrogens with zero attached hydrogens (tertiary/aromatic N) is 1. The van der Waals surface area contributed by atoms with Gasteiger partial charge in [-0.15, -0.1) is 0 Å². The molecule has 2 fully saturated rings. The lowest BCUT2D eigenvalue weighted by molar-refractivity contribution is 0.329. The van der Waals surface area contributed by atoms with Gasteiger partial charge in [0.05, 0.1) is 0 Å². The lowest BCUT2D eigenvalue weighted by Crippen LogP contribution is -2.26. The zero-order valence-electron chi connectivity index (χ0n) is 12.1. The summed E-state index contributed by atoms with van der Waals surface area (Å²) in [6.45, 7) is 6.49. The van der Waals surface area contributed by atoms with Gasteiger partial charge in [-0.25, -0.2) is 0 Å². The Bertz CT molecular complexity index is 191. The van der Waals surface area contributed by atoms with E-state index in [4.69, 9.17) is 0 Å². The molecule has 0 aromatic rings. The molecule has 2 heteroatoms. The monoisotopic (exact) mass is 252 g/mol. The molecule has 1 saturated heterocycles. The van der Waals surface area contributed by atoms with Crippen molar-refractivity contribution in [3.63, 3.8) is 0 Å². The van der Waals surface area contributed by atoms with Crippen LogP contribution < -0.4 is 5.32 Å². The van der Waals surface area contributed by atoms with E-state index in [1.54, 1.807) is 0 Å². The van der Waals surface area contributed by atoms with Crippen molar-refractivity contribution >= 4 is 0 Å². The van der Waals surface area contributed by atoms with Crippen molar-refractivity contribution in [3.8, 4) is 0 Å². The van der Waals surface area contributed by atoms with Crippen molar-refractivity contribution in [1.82, 2.24) is 10.2 Å². The molecule has 1 heterocycles. The molecule has 2 aliphatic rings. The summed E-state index contributed by atoms with van der Waals surface area (Å²) in [5, 5.41) is 3.65. The molecule has 0 spiro atoms. The van der Waals surface area contributed by atoms with Crippen LogP contribution in [0.3, 0.4) is 0 Å². The molecule has 18 heavy (non-hydrogen) atoms. The van der Waals surface area contributed by atoms with Crippen LogP contribution in [0.5, 0.6) is 0 Å². The van der Waals surface area contributed by atoms with Crippen molar-refractivity contribution in [3.05, 3.63) is 0 Å². The Hall–Kier alpha value is -0.0800. The molecule has 2 rings (SSSR count). The molecule has 0 aromatic heterocycles. The SMILES string of the molecule is C1CCCC(CCNCCCN2CCCC2)CC1. The Morgan fingerprint density at radius 2 is 1.56 bits per heavy atom. The van der Waals surface area contributed by atoms with Crippen LogP contribution in [0, 0.1) is 5.92 Å². The van der Waals surface area contributed by atoms with E-state index in [1.165, 1.54) is 96.9 Å². The van der Waals surface area contributed by atoms with Crippen molar-refractivity contribution in [1.29, 1.82) is 0 Å². The van der Waals surface area contributed by atoms with Crippen LogP contribution in [0.4, 0.5) is 0 Å². The molecule has 0 amide bonds. The third-order valence-corrected chi connectivity index (χ3v) is 4.73. The second kappa shape index (κ2) is 8.92. The van der Waals surface area contributed by atoms with Gasteiger partial charge in [0.1, 0.15) is 0 Å². The quantitative estimate of drug-likeness (QED) is 0.552. The van der Waals surface area contributed by atoms with E-state index >= 15 is 0 Å². The molecule has 1 N–H and O–H groups in total. The highest BCUT2D eigenvalue weighted by Gasteiger charge is 2.12. The normalized spacial score (nSPS) is 23.3. The third-order valence-electron chi connectivity index (χ3n) is 4.73. The number of likely N-dealkylation sites (tertiary alicyclic amines) is 1. The summed E-state index contributed by atoms with van der Waals surface area (Å²) in [5.74, 6) is 1.03. The molecule has 0 bridgehead atoms. The van der Waals surface area contributed by atoms with Gasteiger partial charge in [-0.1, -0.05) is 38.5 Å². The molecule has 0 aromatic carbocycles. The van der Waals surface area contributed by atoms with Crippen LogP contribution in [-0.2, 0) is 0 Å². The summed E-state index contributed by atoms with van der Waals surface area (Å²) >= 11 is 0. The first-order valence-corrected chi connectivity index (χ1v) is 8.38. The van der Waals surface area contributed by atoms with Crippen molar-refractivity contribution in [2.75, 3.05) is 32.7 Å². The molecule has 1 aliphatic heterocycles. The second-order valence-corrected chi connectivity index (χ2v) is 6.30. The van der Waals surface area contributed by atoms with Gasteiger partial charge in [-0.2, -0.15) is 0 Å². The minimum atomic E-state index is 1.03. The zero-order chi connectivity index (χ0) is 12.5. The molecule has 106 valence electrons. The highest BCUT2D eigenvalue weighted by atomic mass is 15.1. The zero-order valence-corrected chi connectivity index (χ0v) is 12.1. The molecule has 1 aliphatic carbocycles. The van der Waals surface area contributed by atoms with Gasteiger partial charge in [0.15, 0.2) is 0 Å². The van der Waals surface area contributed by atoms with Crippen LogP contribution in [-0.4, -0.2) is 37.6 Å². The highest BCUT2D eigenvalue weighted by Crippen LogP contribution is 2.24. The Morgan fingerprint density at radius 1 is 0.833 bits per heavy atom. The first-order chi connectivity index (χ1) is 8.95. The summed E-state index contributed by atoms with van der Waals surface area (Å²) in [7, 11) is 0. The van der Waals surface area contributed by atoms with Gasteiger partial charge >= 0.3 is 0 Å². The number of nitrogens with one attached hydrogen (secondary N) is 1. The highest BCUT2D eigenvalue weighted by molar-refractivity contribution is 4.68. The molecular formula is C16H32N2. The number of rotatable bonds is 7. The summed E-state index contributed by atoms with van der Waals surface area (Å²) in [6.07, 6.45) is 14.5. The summed E-state index contributed by atoms with van der Waals surface area (Å²) < 4.78 is 0. The van der Waals surface area contributed by atoms with Gasteiger partial charge in [-0.05, 0) is 64.3 Å². The average molecular weight is 252 g/mol. The maximum absolute atomic E-state index is 3.65. The Labute approximate surface area is 114 Å². The topological polar surface area (TPSA) is 15.3 Å². The maximum Gasteiger partial charge on any atom is -0.000664 e. The van der Waals surface area contributed by atoms with E-state index in [9.17, 15) is 0 Å². The Kier molecular flexibility index (Phi) is 7.11. The summed E-state index contributed by atoms with van der Waals surface area (Å²) in [6, 6.07) is 0. The van der Waals surface area contributed by atoms with Gasteiger partial charge < -0.3 is 10.2 Å². The van der Waals surface area contributed by atoms with Crippen molar-refractivity contribution in [2.45, 2.75) is 64.2 Å². The fraction of sp³-hybridized carbons (Fsp3) is 1.00. The first-order valence-electron chi connectivity index (χ1n) is 8.38. The molecule has 1 saturated carbocycles. The lowest BCUT2D eigenvalue weighted by atomic mass is 9.97. The fourth-order valence-electron chi connectivity index (χ4n) is 3.52. The molecule has 0 radical (unpaired) electrons. The van der Waals surface area contributed by atoms with Crippen LogP contribution in [0.25, 0.3) is 0 Å². The molecule has 2 nitrogen and oxygen atoms in total. The first kappa shape index (κ1) is 14.3. The average Bonchev–Trinajstić information content (AvgIpc) is 2.76. The van der Waals surface area contributed by atoms with Crippen LogP contribution >= 0.6 is 0 Å². The van der Waals surface area contributed by atoms with Gasteiger partial charge in [0, 0.05) is 0 Å². The molecule has 0 unspecified atom stereocenters. The lowest BCUT2D eigenvalue weighted by Gasteiger charge is -2.16. The maximum atomic E-state index is 3.65. The van der Waals surface area contributed by atoms with Gasteiger partial charge in [0.25, 0.3) is 0 Å². The van der Waals surface area contributed by atoms with E-state index < -0.39 is 0 Å². The summed E-state index contributed by atoms with van der Waals surface area (Å²) in [5.41, 5.74) is 0. The predicted octanol–water partition coefficient (Wildman–Crippen LogP) is 3.42. The van der Waals surface area contributed by atoms with Gasteiger partial charge in [0.2, 0.25) is 0 Å². The minimum absolute atomic E-state index is 1.03. The second-order valence-electron chi connectivity index (χ2n) is 6.30.